The first kappa shape index (κ1) is 12.6. The van der Waals surface area contributed by atoms with E-state index >= 15 is 0 Å². The molecule has 0 spiro atoms. The highest BCUT2D eigenvalue weighted by atomic mass is 15.4. The van der Waals surface area contributed by atoms with E-state index in [1.807, 2.05) is 10.9 Å². The van der Waals surface area contributed by atoms with Gasteiger partial charge in [0.05, 0.1) is 11.9 Å². The van der Waals surface area contributed by atoms with Gasteiger partial charge in [-0.25, -0.2) is 4.68 Å². The van der Waals surface area contributed by atoms with Gasteiger partial charge in [0.1, 0.15) is 0 Å². The lowest BCUT2D eigenvalue weighted by molar-refractivity contribution is 0.435. The number of nitrogens with two attached hydrogens (primary N) is 1. The third kappa shape index (κ3) is 3.28. The lowest BCUT2D eigenvalue weighted by atomic mass is 9.98. The van der Waals surface area contributed by atoms with Gasteiger partial charge in [0.15, 0.2) is 0 Å². The van der Waals surface area contributed by atoms with Crippen LogP contribution in [-0.4, -0.2) is 15.0 Å². The molecule has 0 bridgehead atoms. The lowest BCUT2D eigenvalue weighted by Gasteiger charge is -2.15. The van der Waals surface area contributed by atoms with Crippen molar-refractivity contribution in [1.29, 1.82) is 0 Å². The predicted molar refractivity (Wildman–Crippen MR) is 68.4 cm³/mol. The zero-order valence-electron chi connectivity index (χ0n) is 10.8. The van der Waals surface area contributed by atoms with Crippen LogP contribution in [0.1, 0.15) is 63.6 Å². The third-order valence-corrected chi connectivity index (χ3v) is 3.82. The molecule has 1 aliphatic carbocycles. The van der Waals surface area contributed by atoms with Gasteiger partial charge in [0.2, 0.25) is 0 Å². The van der Waals surface area contributed by atoms with Crippen LogP contribution in [0.15, 0.2) is 6.20 Å². The van der Waals surface area contributed by atoms with Gasteiger partial charge in [-0.05, 0) is 25.2 Å². The van der Waals surface area contributed by atoms with Crippen molar-refractivity contribution in [2.75, 3.05) is 0 Å². The Kier molecular flexibility index (Phi) is 4.54. The fraction of sp³-hybridized carbons (Fsp3) is 0.846. The molecule has 17 heavy (non-hydrogen) atoms. The zero-order chi connectivity index (χ0) is 12.1. The molecule has 2 N–H and O–H groups in total. The van der Waals surface area contributed by atoms with Gasteiger partial charge < -0.3 is 5.73 Å². The van der Waals surface area contributed by atoms with E-state index in [4.69, 9.17) is 5.73 Å². The fourth-order valence-corrected chi connectivity index (χ4v) is 2.80. The van der Waals surface area contributed by atoms with Gasteiger partial charge >= 0.3 is 0 Å². The van der Waals surface area contributed by atoms with Crippen molar-refractivity contribution in [3.8, 4) is 0 Å². The van der Waals surface area contributed by atoms with E-state index in [1.165, 1.54) is 32.1 Å². The summed E-state index contributed by atoms with van der Waals surface area (Å²) in [6.45, 7) is 3.07. The molecule has 1 fully saturated rings. The Labute approximate surface area is 104 Å². The molecule has 1 aromatic rings. The number of aryl methyl sites for hydroxylation is 1. The predicted octanol–water partition coefficient (Wildman–Crippen LogP) is 2.66. The van der Waals surface area contributed by atoms with Crippen LogP contribution in [0.2, 0.25) is 0 Å². The summed E-state index contributed by atoms with van der Waals surface area (Å²) in [5, 5.41) is 8.07. The molecule has 1 saturated carbocycles. The molecule has 1 unspecified atom stereocenters. The third-order valence-electron chi connectivity index (χ3n) is 3.82. The maximum absolute atomic E-state index is 6.25. The summed E-state index contributed by atoms with van der Waals surface area (Å²) in [6.07, 6.45) is 10.9. The average Bonchev–Trinajstić information content (AvgIpc) is 2.97. The molecule has 2 rings (SSSR count). The lowest BCUT2D eigenvalue weighted by Crippen LogP contribution is -2.17. The number of hydrogen-bond acceptors (Lipinski definition) is 3. The quantitative estimate of drug-likeness (QED) is 0.826. The van der Waals surface area contributed by atoms with Gasteiger partial charge in [0, 0.05) is 12.6 Å². The second kappa shape index (κ2) is 6.15. The van der Waals surface area contributed by atoms with E-state index in [0.29, 0.717) is 0 Å². The van der Waals surface area contributed by atoms with Crippen molar-refractivity contribution in [3.05, 3.63) is 11.9 Å². The highest BCUT2D eigenvalue weighted by Crippen LogP contribution is 2.30. The molecular weight excluding hydrogens is 212 g/mol. The molecule has 1 aliphatic rings. The van der Waals surface area contributed by atoms with Crippen LogP contribution in [0.25, 0.3) is 0 Å². The van der Waals surface area contributed by atoms with Gasteiger partial charge in [-0.1, -0.05) is 37.8 Å². The largest absolute Gasteiger partial charge is 0.323 e. The molecule has 4 nitrogen and oxygen atoms in total. The van der Waals surface area contributed by atoms with Crippen LogP contribution < -0.4 is 5.73 Å². The highest BCUT2D eigenvalue weighted by molar-refractivity contribution is 5.01. The summed E-state index contributed by atoms with van der Waals surface area (Å²) >= 11 is 0. The smallest absolute Gasteiger partial charge is 0.0754 e. The van der Waals surface area contributed by atoms with Crippen molar-refractivity contribution in [1.82, 2.24) is 15.0 Å². The molecule has 0 amide bonds. The summed E-state index contributed by atoms with van der Waals surface area (Å²) in [5.74, 6) is 0.913. The Balaban J connectivity index is 1.85. The number of rotatable bonds is 6. The molecule has 0 aromatic carbocycles. The molecule has 96 valence electrons. The minimum Gasteiger partial charge on any atom is -0.323 e. The highest BCUT2D eigenvalue weighted by Gasteiger charge is 2.18. The molecule has 0 saturated heterocycles. The van der Waals surface area contributed by atoms with Crippen LogP contribution >= 0.6 is 0 Å². The molecule has 1 aromatic heterocycles. The van der Waals surface area contributed by atoms with Crippen molar-refractivity contribution in [2.24, 2.45) is 11.7 Å². The molecule has 1 heterocycles. The van der Waals surface area contributed by atoms with Crippen molar-refractivity contribution >= 4 is 0 Å². The maximum Gasteiger partial charge on any atom is 0.0754 e. The van der Waals surface area contributed by atoms with E-state index in [2.05, 4.69) is 17.2 Å². The summed E-state index contributed by atoms with van der Waals surface area (Å²) in [4.78, 5) is 0. The Morgan fingerprint density at radius 2 is 2.24 bits per heavy atom. The van der Waals surface area contributed by atoms with Crippen LogP contribution in [0.3, 0.4) is 0 Å². The first-order valence-electron chi connectivity index (χ1n) is 6.95. The van der Waals surface area contributed by atoms with E-state index in [0.717, 1.165) is 31.0 Å². The van der Waals surface area contributed by atoms with Gasteiger partial charge in [-0.15, -0.1) is 5.10 Å². The normalized spacial score (nSPS) is 18.7. The van der Waals surface area contributed by atoms with Gasteiger partial charge in [-0.3, -0.25) is 0 Å². The van der Waals surface area contributed by atoms with Gasteiger partial charge in [0.25, 0.3) is 0 Å². The Bertz CT molecular complexity index is 328. The first-order valence-corrected chi connectivity index (χ1v) is 6.95. The SMILES string of the molecule is CCCn1nncc1C(N)CCC1CCCC1. The standard InChI is InChI=1S/C13H24N4/c1-2-9-17-13(10-15-16-17)12(14)8-7-11-5-3-4-6-11/h10-12H,2-9,14H2,1H3. The van der Waals surface area contributed by atoms with E-state index in [-0.39, 0.29) is 6.04 Å². The second-order valence-electron chi connectivity index (χ2n) is 5.22. The summed E-state index contributed by atoms with van der Waals surface area (Å²) in [5.41, 5.74) is 7.35. The van der Waals surface area contributed by atoms with E-state index in [9.17, 15) is 0 Å². The summed E-state index contributed by atoms with van der Waals surface area (Å²) < 4.78 is 1.96. The number of aromatic nitrogens is 3. The van der Waals surface area contributed by atoms with Crippen LogP contribution in [-0.2, 0) is 6.54 Å². The van der Waals surface area contributed by atoms with Crippen molar-refractivity contribution in [3.63, 3.8) is 0 Å². The van der Waals surface area contributed by atoms with E-state index in [1.54, 1.807) is 0 Å². The minimum atomic E-state index is 0.108. The summed E-state index contributed by atoms with van der Waals surface area (Å²) in [6, 6.07) is 0.108. The van der Waals surface area contributed by atoms with Crippen molar-refractivity contribution < 1.29 is 0 Å². The topological polar surface area (TPSA) is 56.7 Å². The maximum atomic E-state index is 6.25. The van der Waals surface area contributed by atoms with Crippen molar-refractivity contribution in [2.45, 2.75) is 64.5 Å². The molecule has 1 atom stereocenters. The first-order chi connectivity index (χ1) is 8.31. The Hall–Kier alpha value is -0.900. The Morgan fingerprint density at radius 3 is 2.94 bits per heavy atom. The number of hydrogen-bond donors (Lipinski definition) is 1. The van der Waals surface area contributed by atoms with Crippen LogP contribution in [0, 0.1) is 5.92 Å². The monoisotopic (exact) mass is 236 g/mol. The molecule has 0 radical (unpaired) electrons. The van der Waals surface area contributed by atoms with E-state index < -0.39 is 0 Å². The summed E-state index contributed by atoms with van der Waals surface area (Å²) in [7, 11) is 0. The molecular formula is C13H24N4. The Morgan fingerprint density at radius 1 is 1.47 bits per heavy atom. The second-order valence-corrected chi connectivity index (χ2v) is 5.22. The van der Waals surface area contributed by atoms with Crippen LogP contribution in [0.4, 0.5) is 0 Å². The van der Waals surface area contributed by atoms with Gasteiger partial charge in [-0.2, -0.15) is 0 Å². The zero-order valence-corrected chi connectivity index (χ0v) is 10.8. The number of nitrogens with zero attached hydrogens (tertiary/aromatic N) is 3. The minimum absolute atomic E-state index is 0.108. The van der Waals surface area contributed by atoms with Crippen LogP contribution in [0.5, 0.6) is 0 Å². The molecule has 0 aliphatic heterocycles. The fourth-order valence-electron chi connectivity index (χ4n) is 2.80. The molecule has 4 heteroatoms. The average molecular weight is 236 g/mol.